The van der Waals surface area contributed by atoms with Gasteiger partial charge in [-0.3, -0.25) is 4.79 Å². The van der Waals surface area contributed by atoms with Crippen LogP contribution in [0.1, 0.15) is 61.3 Å². The smallest absolute Gasteiger partial charge is 0.264 e. The van der Waals surface area contributed by atoms with Crippen molar-refractivity contribution in [2.75, 3.05) is 11.9 Å². The van der Waals surface area contributed by atoms with Crippen LogP contribution in [0.15, 0.2) is 0 Å². The average molecular weight is 348 g/mol. The number of nitrogens with one attached hydrogen (secondary N) is 1. The molecule has 1 aromatic heterocycles. The van der Waals surface area contributed by atoms with Gasteiger partial charge in [0.2, 0.25) is 0 Å². The zero-order valence-electron chi connectivity index (χ0n) is 11.8. The van der Waals surface area contributed by atoms with Gasteiger partial charge in [0.25, 0.3) is 5.91 Å². The molecule has 0 aliphatic rings. The molecule has 19 heavy (non-hydrogen) atoms. The summed E-state index contributed by atoms with van der Waals surface area (Å²) in [6.45, 7) is 6.96. The van der Waals surface area contributed by atoms with E-state index in [-0.39, 0.29) is 11.8 Å². The highest BCUT2D eigenvalue weighted by Gasteiger charge is 2.19. The molecule has 1 rings (SSSR count). The standard InChI is InChI=1S/C13H22BrN3OS/c1-4-5-10(6-7-14)8-15-13(18)12-11(9(2)3)16-17-19-12/h9-10H,4-8H2,1-3H3,(H,15,18). The van der Waals surface area contributed by atoms with Gasteiger partial charge in [0, 0.05) is 11.9 Å². The molecule has 0 bridgehead atoms. The zero-order chi connectivity index (χ0) is 14.3. The summed E-state index contributed by atoms with van der Waals surface area (Å²) >= 11 is 4.65. The van der Waals surface area contributed by atoms with Crippen molar-refractivity contribution in [2.24, 2.45) is 5.92 Å². The van der Waals surface area contributed by atoms with Crippen LogP contribution in [-0.2, 0) is 0 Å². The topological polar surface area (TPSA) is 54.9 Å². The molecule has 1 aromatic rings. The second-order valence-corrected chi connectivity index (χ2v) is 6.53. The van der Waals surface area contributed by atoms with Crippen molar-refractivity contribution in [3.63, 3.8) is 0 Å². The Morgan fingerprint density at radius 3 is 2.74 bits per heavy atom. The number of rotatable bonds is 8. The van der Waals surface area contributed by atoms with E-state index in [1.54, 1.807) is 0 Å². The molecule has 1 unspecified atom stereocenters. The maximum absolute atomic E-state index is 12.2. The minimum absolute atomic E-state index is 0.0330. The summed E-state index contributed by atoms with van der Waals surface area (Å²) in [5.74, 6) is 0.736. The first-order chi connectivity index (χ1) is 9.10. The summed E-state index contributed by atoms with van der Waals surface area (Å²) in [6.07, 6.45) is 3.38. The predicted molar refractivity (Wildman–Crippen MR) is 83.1 cm³/mol. The van der Waals surface area contributed by atoms with Gasteiger partial charge in [0.15, 0.2) is 0 Å². The predicted octanol–water partition coefficient (Wildman–Crippen LogP) is 3.59. The SMILES string of the molecule is CCCC(CCBr)CNC(=O)c1snnc1C(C)C. The molecule has 6 heteroatoms. The number of halogens is 1. The van der Waals surface area contributed by atoms with E-state index in [0.29, 0.717) is 10.8 Å². The van der Waals surface area contributed by atoms with Crippen LogP contribution < -0.4 is 5.32 Å². The Morgan fingerprint density at radius 1 is 1.42 bits per heavy atom. The van der Waals surface area contributed by atoms with E-state index in [1.807, 2.05) is 13.8 Å². The van der Waals surface area contributed by atoms with Crippen molar-refractivity contribution in [3.05, 3.63) is 10.6 Å². The van der Waals surface area contributed by atoms with Gasteiger partial charge in [-0.2, -0.15) is 0 Å². The molecule has 1 atom stereocenters. The van der Waals surface area contributed by atoms with E-state index in [1.165, 1.54) is 11.5 Å². The van der Waals surface area contributed by atoms with Crippen molar-refractivity contribution in [1.29, 1.82) is 0 Å². The molecule has 0 radical (unpaired) electrons. The van der Waals surface area contributed by atoms with Crippen LogP contribution in [0, 0.1) is 5.92 Å². The maximum Gasteiger partial charge on any atom is 0.264 e. The molecular weight excluding hydrogens is 326 g/mol. The van der Waals surface area contributed by atoms with Gasteiger partial charge in [-0.1, -0.05) is 47.6 Å². The zero-order valence-corrected chi connectivity index (χ0v) is 14.2. The molecule has 1 N–H and O–H groups in total. The molecule has 0 aliphatic carbocycles. The Kier molecular flexibility index (Phi) is 7.53. The minimum atomic E-state index is -0.0330. The minimum Gasteiger partial charge on any atom is -0.351 e. The third-order valence-corrected chi connectivity index (χ3v) is 4.23. The summed E-state index contributed by atoms with van der Waals surface area (Å²) < 4.78 is 3.89. The lowest BCUT2D eigenvalue weighted by Gasteiger charge is -2.15. The van der Waals surface area contributed by atoms with E-state index in [9.17, 15) is 4.79 Å². The highest BCUT2D eigenvalue weighted by molar-refractivity contribution is 9.09. The molecule has 0 spiro atoms. The second-order valence-electron chi connectivity index (χ2n) is 4.98. The van der Waals surface area contributed by atoms with Crippen molar-refractivity contribution < 1.29 is 4.79 Å². The van der Waals surface area contributed by atoms with Gasteiger partial charge in [0.05, 0.1) is 5.69 Å². The van der Waals surface area contributed by atoms with Gasteiger partial charge in [0.1, 0.15) is 4.88 Å². The van der Waals surface area contributed by atoms with E-state index in [4.69, 9.17) is 0 Å². The number of aromatic nitrogens is 2. The number of hydrogen-bond donors (Lipinski definition) is 1. The first-order valence-corrected chi connectivity index (χ1v) is 8.66. The van der Waals surface area contributed by atoms with Crippen LogP contribution in [0.25, 0.3) is 0 Å². The Balaban J connectivity index is 2.56. The Hall–Kier alpha value is -0.490. The fraction of sp³-hybridized carbons (Fsp3) is 0.769. The Labute approximate surface area is 127 Å². The van der Waals surface area contributed by atoms with E-state index >= 15 is 0 Å². The molecule has 0 aliphatic heterocycles. The van der Waals surface area contributed by atoms with Crippen molar-refractivity contribution in [3.8, 4) is 0 Å². The highest BCUT2D eigenvalue weighted by atomic mass is 79.9. The third kappa shape index (κ3) is 5.18. The summed E-state index contributed by atoms with van der Waals surface area (Å²) in [7, 11) is 0. The van der Waals surface area contributed by atoms with Crippen LogP contribution in [0.5, 0.6) is 0 Å². The summed E-state index contributed by atoms with van der Waals surface area (Å²) in [5.41, 5.74) is 0.801. The first-order valence-electron chi connectivity index (χ1n) is 6.76. The molecule has 0 saturated carbocycles. The maximum atomic E-state index is 12.2. The summed E-state index contributed by atoms with van der Waals surface area (Å²) in [5, 5.41) is 8.04. The molecule has 0 saturated heterocycles. The highest BCUT2D eigenvalue weighted by Crippen LogP contribution is 2.19. The normalized spacial score (nSPS) is 12.7. The van der Waals surface area contributed by atoms with E-state index in [2.05, 4.69) is 37.8 Å². The number of carbonyl (C=O) groups is 1. The van der Waals surface area contributed by atoms with E-state index < -0.39 is 0 Å². The lowest BCUT2D eigenvalue weighted by Crippen LogP contribution is -2.29. The lowest BCUT2D eigenvalue weighted by molar-refractivity contribution is 0.0948. The second kappa shape index (κ2) is 8.64. The van der Waals surface area contributed by atoms with Crippen molar-refractivity contribution in [2.45, 2.75) is 46.0 Å². The average Bonchev–Trinajstić information content (AvgIpc) is 2.85. The van der Waals surface area contributed by atoms with Crippen LogP contribution in [0.2, 0.25) is 0 Å². The number of alkyl halides is 1. The molecule has 0 aromatic carbocycles. The van der Waals surface area contributed by atoms with Gasteiger partial charge < -0.3 is 5.32 Å². The molecule has 1 amide bonds. The molecular formula is C13H22BrN3OS. The van der Waals surface area contributed by atoms with Crippen LogP contribution >= 0.6 is 27.5 Å². The summed E-state index contributed by atoms with van der Waals surface area (Å²) in [4.78, 5) is 12.8. The Bertz CT molecular complexity index is 389. The quantitative estimate of drug-likeness (QED) is 0.731. The van der Waals surface area contributed by atoms with Gasteiger partial charge in [-0.25, -0.2) is 0 Å². The lowest BCUT2D eigenvalue weighted by atomic mass is 10.0. The fourth-order valence-corrected chi connectivity index (χ4v) is 3.34. The number of hydrogen-bond acceptors (Lipinski definition) is 4. The summed E-state index contributed by atoms with van der Waals surface area (Å²) in [6, 6.07) is 0. The molecule has 4 nitrogen and oxygen atoms in total. The Morgan fingerprint density at radius 2 is 2.16 bits per heavy atom. The third-order valence-electron chi connectivity index (χ3n) is 3.03. The van der Waals surface area contributed by atoms with Gasteiger partial charge in [-0.15, -0.1) is 5.10 Å². The van der Waals surface area contributed by atoms with Crippen LogP contribution in [0.3, 0.4) is 0 Å². The largest absolute Gasteiger partial charge is 0.351 e. The van der Waals surface area contributed by atoms with Gasteiger partial charge in [-0.05, 0) is 36.2 Å². The first kappa shape index (κ1) is 16.6. The number of nitrogens with zero attached hydrogens (tertiary/aromatic N) is 2. The van der Waals surface area contributed by atoms with Crippen LogP contribution in [-0.4, -0.2) is 27.4 Å². The van der Waals surface area contributed by atoms with Crippen molar-refractivity contribution in [1.82, 2.24) is 14.9 Å². The molecule has 0 fully saturated rings. The fourth-order valence-electron chi connectivity index (χ4n) is 1.96. The molecule has 1 heterocycles. The number of amides is 1. The van der Waals surface area contributed by atoms with Gasteiger partial charge >= 0.3 is 0 Å². The van der Waals surface area contributed by atoms with Crippen LogP contribution in [0.4, 0.5) is 0 Å². The molecule has 108 valence electrons. The van der Waals surface area contributed by atoms with E-state index in [0.717, 1.165) is 36.8 Å². The monoisotopic (exact) mass is 347 g/mol. The number of carbonyl (C=O) groups excluding carboxylic acids is 1. The van der Waals surface area contributed by atoms with Crippen molar-refractivity contribution >= 4 is 33.4 Å².